The molecule has 20 heavy (non-hydrogen) atoms. The maximum Gasteiger partial charge on any atom is 0.258 e. The third-order valence-electron chi connectivity index (χ3n) is 2.88. The number of fused-ring (bicyclic) bond motifs is 1. The Morgan fingerprint density at radius 2 is 2.10 bits per heavy atom. The maximum absolute atomic E-state index is 13.8. The number of anilines is 1. The van der Waals surface area contributed by atoms with Gasteiger partial charge >= 0.3 is 0 Å². The molecule has 1 aromatic carbocycles. The zero-order valence-electron chi connectivity index (χ0n) is 9.95. The molecule has 100 valence electrons. The summed E-state index contributed by atoms with van der Waals surface area (Å²) in [4.78, 5) is 15.7. The number of carbonyl (C=O) groups excluding carboxylic acids is 1. The van der Waals surface area contributed by atoms with Crippen LogP contribution in [0.3, 0.4) is 0 Å². The van der Waals surface area contributed by atoms with Crippen molar-refractivity contribution in [3.63, 3.8) is 0 Å². The molecule has 6 heteroatoms. The van der Waals surface area contributed by atoms with Crippen LogP contribution < -0.4 is 5.32 Å². The van der Waals surface area contributed by atoms with E-state index in [0.717, 1.165) is 12.3 Å². The van der Waals surface area contributed by atoms with Gasteiger partial charge in [0.2, 0.25) is 0 Å². The van der Waals surface area contributed by atoms with Crippen LogP contribution in [0.2, 0.25) is 5.02 Å². The average Bonchev–Trinajstić information content (AvgIpc) is 2.70. The van der Waals surface area contributed by atoms with E-state index in [1.807, 2.05) is 0 Å². The molecule has 0 fully saturated rings. The summed E-state index contributed by atoms with van der Waals surface area (Å²) in [5, 5.41) is 2.44. The molecule has 3 rings (SSSR count). The van der Waals surface area contributed by atoms with Gasteiger partial charge in [-0.25, -0.2) is 8.78 Å². The number of aromatic nitrogens is 1. The van der Waals surface area contributed by atoms with Crippen molar-refractivity contribution in [1.82, 2.24) is 4.98 Å². The number of rotatable bonds is 1. The molecule has 0 atom stereocenters. The quantitative estimate of drug-likeness (QED) is 0.817. The van der Waals surface area contributed by atoms with Crippen molar-refractivity contribution < 1.29 is 13.6 Å². The zero-order chi connectivity index (χ0) is 14.3. The summed E-state index contributed by atoms with van der Waals surface area (Å²) in [5.74, 6) is -1.64. The number of amides is 1. The van der Waals surface area contributed by atoms with Gasteiger partial charge in [-0.3, -0.25) is 9.78 Å². The highest BCUT2D eigenvalue weighted by Gasteiger charge is 2.26. The Labute approximate surface area is 117 Å². The SMILES string of the molecule is O=C1Nc2cc(F)cnc2/C1=C\c1cccc(Cl)c1F. The van der Waals surface area contributed by atoms with Crippen molar-refractivity contribution in [1.29, 1.82) is 0 Å². The molecule has 1 aliphatic heterocycles. The van der Waals surface area contributed by atoms with Crippen LogP contribution in [0.15, 0.2) is 30.5 Å². The largest absolute Gasteiger partial charge is 0.320 e. The highest BCUT2D eigenvalue weighted by molar-refractivity contribution is 6.34. The molecule has 0 radical (unpaired) electrons. The lowest BCUT2D eigenvalue weighted by Crippen LogP contribution is -2.03. The van der Waals surface area contributed by atoms with E-state index in [4.69, 9.17) is 11.6 Å². The molecule has 2 aromatic rings. The first-order chi connectivity index (χ1) is 9.56. The van der Waals surface area contributed by atoms with Crippen LogP contribution in [-0.4, -0.2) is 10.9 Å². The number of benzene rings is 1. The first kappa shape index (κ1) is 12.7. The molecule has 0 aliphatic carbocycles. The Balaban J connectivity index is 2.14. The molecular weight excluding hydrogens is 286 g/mol. The lowest BCUT2D eigenvalue weighted by atomic mass is 10.1. The summed E-state index contributed by atoms with van der Waals surface area (Å²) in [6.07, 6.45) is 2.34. The minimum atomic E-state index is -0.620. The Hall–Kier alpha value is -2.27. The lowest BCUT2D eigenvalue weighted by Gasteiger charge is -2.01. The molecule has 0 bridgehead atoms. The lowest BCUT2D eigenvalue weighted by molar-refractivity contribution is -0.110. The van der Waals surface area contributed by atoms with E-state index in [2.05, 4.69) is 10.3 Å². The third kappa shape index (κ3) is 2.06. The maximum atomic E-state index is 13.8. The number of carbonyl (C=O) groups is 1. The Kier molecular flexibility index (Phi) is 2.99. The number of pyridine rings is 1. The van der Waals surface area contributed by atoms with Crippen molar-refractivity contribution in [2.45, 2.75) is 0 Å². The van der Waals surface area contributed by atoms with Crippen LogP contribution >= 0.6 is 11.6 Å². The minimum Gasteiger partial charge on any atom is -0.320 e. The fourth-order valence-electron chi connectivity index (χ4n) is 1.97. The van der Waals surface area contributed by atoms with Crippen molar-refractivity contribution in [3.8, 4) is 0 Å². The smallest absolute Gasteiger partial charge is 0.258 e. The number of hydrogen-bond acceptors (Lipinski definition) is 2. The predicted octanol–water partition coefficient (Wildman–Crippen LogP) is 3.51. The second-order valence-electron chi connectivity index (χ2n) is 4.20. The summed E-state index contributed by atoms with van der Waals surface area (Å²) in [6.45, 7) is 0. The minimum absolute atomic E-state index is 0.0370. The third-order valence-corrected chi connectivity index (χ3v) is 3.18. The molecule has 1 amide bonds. The zero-order valence-corrected chi connectivity index (χ0v) is 10.7. The summed E-state index contributed by atoms with van der Waals surface area (Å²) < 4.78 is 26.9. The topological polar surface area (TPSA) is 42.0 Å². The number of nitrogens with one attached hydrogen (secondary N) is 1. The normalized spacial score (nSPS) is 15.3. The molecule has 2 heterocycles. The van der Waals surface area contributed by atoms with Gasteiger partial charge in [0.25, 0.3) is 5.91 Å². The fraction of sp³-hybridized carbons (Fsp3) is 0. The van der Waals surface area contributed by atoms with Gasteiger partial charge in [-0.05, 0) is 12.1 Å². The number of hydrogen-bond donors (Lipinski definition) is 1. The standard InChI is InChI=1S/C14H7ClF2N2O/c15-10-3-1-2-7(12(10)17)4-9-13-11(19-14(9)20)5-8(16)6-18-13/h1-6H,(H,19,20)/b9-4+. The molecule has 1 aromatic heterocycles. The summed E-state index contributed by atoms with van der Waals surface area (Å²) in [5.41, 5.74) is 0.891. The Morgan fingerprint density at radius 3 is 2.90 bits per heavy atom. The highest BCUT2D eigenvalue weighted by Crippen LogP contribution is 2.32. The summed E-state index contributed by atoms with van der Waals surface area (Å²) >= 11 is 5.69. The van der Waals surface area contributed by atoms with E-state index in [9.17, 15) is 13.6 Å². The van der Waals surface area contributed by atoms with Crippen LogP contribution in [0.4, 0.5) is 14.5 Å². The average molecular weight is 293 g/mol. The van der Waals surface area contributed by atoms with Crippen molar-refractivity contribution in [2.24, 2.45) is 0 Å². The van der Waals surface area contributed by atoms with Gasteiger partial charge in [0.15, 0.2) is 0 Å². The van der Waals surface area contributed by atoms with Crippen LogP contribution in [0, 0.1) is 11.6 Å². The Morgan fingerprint density at radius 1 is 1.30 bits per heavy atom. The molecule has 0 saturated heterocycles. The molecule has 0 spiro atoms. The van der Waals surface area contributed by atoms with Gasteiger partial charge in [-0.15, -0.1) is 0 Å². The van der Waals surface area contributed by atoms with E-state index in [1.165, 1.54) is 18.2 Å². The molecular formula is C14H7ClF2N2O. The Bertz CT molecular complexity index is 759. The van der Waals surface area contributed by atoms with Gasteiger partial charge in [0.1, 0.15) is 11.6 Å². The molecule has 0 saturated carbocycles. The van der Waals surface area contributed by atoms with Crippen LogP contribution in [0.5, 0.6) is 0 Å². The van der Waals surface area contributed by atoms with Crippen molar-refractivity contribution >= 4 is 34.8 Å². The van der Waals surface area contributed by atoms with Crippen molar-refractivity contribution in [3.05, 3.63) is 58.4 Å². The van der Waals surface area contributed by atoms with Crippen LogP contribution in [0.25, 0.3) is 11.6 Å². The monoisotopic (exact) mass is 292 g/mol. The molecule has 1 N–H and O–H groups in total. The summed E-state index contributed by atoms with van der Waals surface area (Å²) in [6, 6.07) is 5.64. The highest BCUT2D eigenvalue weighted by atomic mass is 35.5. The van der Waals surface area contributed by atoms with E-state index in [1.54, 1.807) is 6.07 Å². The van der Waals surface area contributed by atoms with E-state index in [-0.39, 0.29) is 27.5 Å². The van der Waals surface area contributed by atoms with Gasteiger partial charge in [-0.2, -0.15) is 0 Å². The fourth-order valence-corrected chi connectivity index (χ4v) is 2.15. The van der Waals surface area contributed by atoms with E-state index in [0.29, 0.717) is 0 Å². The molecule has 1 aliphatic rings. The van der Waals surface area contributed by atoms with Gasteiger partial charge < -0.3 is 5.32 Å². The van der Waals surface area contributed by atoms with Gasteiger partial charge in [-0.1, -0.05) is 23.7 Å². The number of nitrogens with zero attached hydrogens (tertiary/aromatic N) is 1. The van der Waals surface area contributed by atoms with Crippen LogP contribution in [0.1, 0.15) is 11.3 Å². The number of halogens is 3. The second-order valence-corrected chi connectivity index (χ2v) is 4.61. The van der Waals surface area contributed by atoms with Gasteiger partial charge in [0, 0.05) is 11.6 Å². The van der Waals surface area contributed by atoms with E-state index < -0.39 is 17.5 Å². The summed E-state index contributed by atoms with van der Waals surface area (Å²) in [7, 11) is 0. The van der Waals surface area contributed by atoms with Crippen molar-refractivity contribution in [2.75, 3.05) is 5.32 Å². The molecule has 3 nitrogen and oxygen atoms in total. The first-order valence-electron chi connectivity index (χ1n) is 5.69. The first-order valence-corrected chi connectivity index (χ1v) is 6.07. The second kappa shape index (κ2) is 4.68. The van der Waals surface area contributed by atoms with Crippen LogP contribution in [-0.2, 0) is 4.79 Å². The van der Waals surface area contributed by atoms with Gasteiger partial charge in [0.05, 0.1) is 28.2 Å². The molecule has 0 unspecified atom stereocenters. The predicted molar refractivity (Wildman–Crippen MR) is 72.1 cm³/mol. The van der Waals surface area contributed by atoms with E-state index >= 15 is 0 Å².